The number of imidazole rings is 1. The van der Waals surface area contributed by atoms with Crippen LogP contribution in [0.3, 0.4) is 0 Å². The van der Waals surface area contributed by atoms with Gasteiger partial charge in [0.15, 0.2) is 23.2 Å². The summed E-state index contributed by atoms with van der Waals surface area (Å²) >= 11 is 0. The second-order valence-electron chi connectivity index (χ2n) is 13.2. The molecule has 0 radical (unpaired) electrons. The molecular weight excluding hydrogens is 715 g/mol. The highest BCUT2D eigenvalue weighted by atomic mass is 19.4. The number of anilines is 2. The van der Waals surface area contributed by atoms with E-state index in [0.717, 1.165) is 37.1 Å². The Morgan fingerprint density at radius 1 is 0.963 bits per heavy atom. The Labute approximate surface area is 307 Å². The zero-order valence-electron chi connectivity index (χ0n) is 28.9. The number of aliphatic carboxylic acids is 1. The van der Waals surface area contributed by atoms with E-state index in [0.29, 0.717) is 42.6 Å². The minimum Gasteiger partial charge on any atom is -0.475 e. The molecule has 5 heterocycles. The topological polar surface area (TPSA) is 219 Å². The first-order chi connectivity index (χ1) is 25.9. The third kappa shape index (κ3) is 8.99. The maximum atomic E-state index is 12.7. The van der Waals surface area contributed by atoms with Gasteiger partial charge in [-0.2, -0.15) is 23.1 Å². The number of alkyl halides is 3. The number of hydrogen-bond acceptors (Lipinski definition) is 12. The number of carbonyl (C=O) groups is 2. The number of aliphatic hydroxyl groups is 3. The van der Waals surface area contributed by atoms with Gasteiger partial charge in [-0.05, 0) is 30.5 Å². The second kappa shape index (κ2) is 16.9. The van der Waals surface area contributed by atoms with Gasteiger partial charge in [-0.15, -0.1) is 0 Å². The molecule has 0 aliphatic carbocycles. The molecular formula is C35H42F3N9O7. The summed E-state index contributed by atoms with van der Waals surface area (Å²) in [5.41, 5.74) is 3.18. The Balaban J connectivity index is 0.000000649. The van der Waals surface area contributed by atoms with Gasteiger partial charge in [-0.3, -0.25) is 4.57 Å². The van der Waals surface area contributed by atoms with E-state index in [1.54, 1.807) is 4.57 Å². The first kappa shape index (κ1) is 38.6. The fourth-order valence-corrected chi connectivity index (χ4v) is 6.71. The van der Waals surface area contributed by atoms with Crippen molar-refractivity contribution in [2.75, 3.05) is 49.5 Å². The third-order valence-corrected chi connectivity index (χ3v) is 9.52. The van der Waals surface area contributed by atoms with Crippen LogP contribution >= 0.6 is 0 Å². The van der Waals surface area contributed by atoms with Crippen molar-refractivity contribution in [2.24, 2.45) is 0 Å². The Morgan fingerprint density at radius 2 is 1.61 bits per heavy atom. The van der Waals surface area contributed by atoms with E-state index in [1.807, 2.05) is 41.3 Å². The number of aliphatic hydroxyl groups excluding tert-OH is 3. The van der Waals surface area contributed by atoms with Crippen molar-refractivity contribution < 1.29 is 47.9 Å². The monoisotopic (exact) mass is 757 g/mol. The molecule has 2 aromatic carbocycles. The van der Waals surface area contributed by atoms with Crippen LogP contribution in [0, 0.1) is 0 Å². The number of carbonyl (C=O) groups excluding carboxylic acids is 1. The largest absolute Gasteiger partial charge is 0.490 e. The average Bonchev–Trinajstić information content (AvgIpc) is 3.98. The molecule has 8 N–H and O–H groups in total. The lowest BCUT2D eigenvalue weighted by Gasteiger charge is -2.22. The van der Waals surface area contributed by atoms with Crippen molar-refractivity contribution in [2.45, 2.75) is 61.6 Å². The van der Waals surface area contributed by atoms with Gasteiger partial charge in [0.05, 0.1) is 12.9 Å². The van der Waals surface area contributed by atoms with Gasteiger partial charge in [0.2, 0.25) is 5.95 Å². The molecule has 19 heteroatoms. The summed E-state index contributed by atoms with van der Waals surface area (Å²) in [6.45, 7) is 2.88. The van der Waals surface area contributed by atoms with E-state index in [4.69, 9.17) is 24.6 Å². The van der Waals surface area contributed by atoms with Crippen LogP contribution in [0.1, 0.15) is 36.1 Å². The number of carboxylic acid groups (broad SMARTS) is 1. The molecule has 54 heavy (non-hydrogen) atoms. The number of ether oxygens (including phenoxy) is 1. The van der Waals surface area contributed by atoms with Crippen molar-refractivity contribution >= 4 is 34.9 Å². The second-order valence-corrected chi connectivity index (χ2v) is 13.2. The average molecular weight is 758 g/mol. The molecule has 2 amide bonds. The minimum atomic E-state index is -5.08. The lowest BCUT2D eigenvalue weighted by Crippen LogP contribution is -2.47. The summed E-state index contributed by atoms with van der Waals surface area (Å²) in [7, 11) is 0. The molecule has 0 saturated carbocycles. The molecule has 16 nitrogen and oxygen atoms in total. The van der Waals surface area contributed by atoms with Crippen LogP contribution in [0.25, 0.3) is 11.2 Å². The number of benzene rings is 2. The Morgan fingerprint density at radius 3 is 2.19 bits per heavy atom. The zero-order chi connectivity index (χ0) is 38.4. The summed E-state index contributed by atoms with van der Waals surface area (Å²) in [6.07, 6.45) is -6.46. The lowest BCUT2D eigenvalue weighted by molar-refractivity contribution is -0.192. The number of halogens is 3. The molecule has 3 saturated heterocycles. The van der Waals surface area contributed by atoms with Crippen LogP contribution in [0.4, 0.5) is 29.7 Å². The first-order valence-electron chi connectivity index (χ1n) is 17.5. The number of hydrogen-bond donors (Lipinski definition) is 8. The van der Waals surface area contributed by atoms with Crippen molar-refractivity contribution in [3.63, 3.8) is 0 Å². The third-order valence-electron chi connectivity index (χ3n) is 9.52. The molecule has 0 bridgehead atoms. The predicted octanol–water partition coefficient (Wildman–Crippen LogP) is 1.55. The van der Waals surface area contributed by atoms with Crippen LogP contribution < -0.4 is 26.2 Å². The first-order valence-corrected chi connectivity index (χ1v) is 17.5. The molecule has 0 unspecified atom stereocenters. The van der Waals surface area contributed by atoms with Crippen LogP contribution in [-0.2, 0) is 9.53 Å². The number of rotatable bonds is 10. The number of urea groups is 1. The van der Waals surface area contributed by atoms with Gasteiger partial charge in [0, 0.05) is 44.2 Å². The van der Waals surface area contributed by atoms with Gasteiger partial charge in [0.25, 0.3) is 0 Å². The molecule has 6 atom stereocenters. The molecule has 4 aromatic rings. The maximum Gasteiger partial charge on any atom is 0.490 e. The molecule has 7 rings (SSSR count). The molecule has 0 spiro atoms. The van der Waals surface area contributed by atoms with Gasteiger partial charge in [-0.1, -0.05) is 60.7 Å². The standard InChI is InChI=1S/C33H41N9O5.C2HF3O2/c43-18-25-27(44)28(45)31(47-25)42-19-36-26-29(35-16-24(20-7-3-1-4-8-20)21-9-5-2-6-10-21)39-32(40-30(26)42)41-14-12-23(17-41)38-33(46)37-22-11-13-34-15-22;3-2(4,5)1(6)7/h1-10,19,22-25,27-28,31,34,43-45H,11-18H2,(H,35,39,40)(H2,37,38,46);(H,6,7)/t22-,23-,25-,27-,28-,31-;/m1./s1. The highest BCUT2D eigenvalue weighted by Crippen LogP contribution is 2.34. The van der Waals surface area contributed by atoms with E-state index in [9.17, 15) is 33.3 Å². The Bertz CT molecular complexity index is 1830. The van der Waals surface area contributed by atoms with E-state index >= 15 is 0 Å². The van der Waals surface area contributed by atoms with Crippen molar-refractivity contribution in [3.05, 3.63) is 78.1 Å². The highest BCUT2D eigenvalue weighted by Gasteiger charge is 2.44. The SMILES string of the molecule is O=C(N[C@@H]1CCNC1)N[C@@H]1CCN(c2nc(NCC(c3ccccc3)c3ccccc3)c3ncn([C@@H]4O[C@H](CO)[C@@H](O)[C@H]4O)c3n2)C1.O=C(O)C(F)(F)F. The molecule has 2 aromatic heterocycles. The normalized spacial score (nSPS) is 24.0. The van der Waals surface area contributed by atoms with Gasteiger partial charge >= 0.3 is 18.2 Å². The quantitative estimate of drug-likeness (QED) is 0.115. The molecule has 3 aliphatic rings. The van der Waals surface area contributed by atoms with E-state index in [1.165, 1.54) is 6.33 Å². The van der Waals surface area contributed by atoms with Gasteiger partial charge < -0.3 is 51.3 Å². The summed E-state index contributed by atoms with van der Waals surface area (Å²) in [4.78, 5) is 38.0. The van der Waals surface area contributed by atoms with Crippen LogP contribution in [-0.4, -0.2) is 128 Å². The van der Waals surface area contributed by atoms with Crippen molar-refractivity contribution in [3.8, 4) is 0 Å². The fourth-order valence-electron chi connectivity index (χ4n) is 6.71. The maximum absolute atomic E-state index is 12.7. The van der Waals surface area contributed by atoms with Gasteiger partial charge in [0.1, 0.15) is 18.3 Å². The highest BCUT2D eigenvalue weighted by molar-refractivity contribution is 5.84. The number of fused-ring (bicyclic) bond motifs is 1. The Kier molecular flexibility index (Phi) is 12.1. The van der Waals surface area contributed by atoms with Crippen LogP contribution in [0.15, 0.2) is 67.0 Å². The number of carboxylic acids is 1. The minimum absolute atomic E-state index is 0.0161. The van der Waals surface area contributed by atoms with Gasteiger partial charge in [-0.25, -0.2) is 14.6 Å². The summed E-state index contributed by atoms with van der Waals surface area (Å²) in [6, 6.07) is 20.4. The van der Waals surface area contributed by atoms with Crippen LogP contribution in [0.2, 0.25) is 0 Å². The number of nitrogens with one attached hydrogen (secondary N) is 4. The summed E-state index contributed by atoms with van der Waals surface area (Å²) < 4.78 is 39.2. The number of aromatic nitrogens is 4. The van der Waals surface area contributed by atoms with Crippen LogP contribution in [0.5, 0.6) is 0 Å². The summed E-state index contributed by atoms with van der Waals surface area (Å²) in [5.74, 6) is -1.79. The zero-order valence-corrected chi connectivity index (χ0v) is 28.9. The van der Waals surface area contributed by atoms with E-state index in [-0.39, 0.29) is 24.0 Å². The fraction of sp³-hybridized carbons (Fsp3) is 0.457. The molecule has 3 fully saturated rings. The molecule has 3 aliphatic heterocycles. The Hall–Kier alpha value is -5.08. The lowest BCUT2D eigenvalue weighted by atomic mass is 9.91. The van der Waals surface area contributed by atoms with E-state index in [2.05, 4.69) is 50.5 Å². The summed E-state index contributed by atoms with van der Waals surface area (Å²) in [5, 5.41) is 51.1. The number of amides is 2. The van der Waals surface area contributed by atoms with E-state index < -0.39 is 43.3 Å². The number of nitrogens with zero attached hydrogens (tertiary/aromatic N) is 5. The smallest absolute Gasteiger partial charge is 0.475 e. The molecule has 290 valence electrons. The predicted molar refractivity (Wildman–Crippen MR) is 189 cm³/mol. The van der Waals surface area contributed by atoms with Crippen molar-refractivity contribution in [1.29, 1.82) is 0 Å². The van der Waals surface area contributed by atoms with Crippen molar-refractivity contribution in [1.82, 2.24) is 35.5 Å².